The van der Waals surface area contributed by atoms with E-state index < -0.39 is 5.82 Å². The number of hydrogen-bond acceptors (Lipinski definition) is 3. The van der Waals surface area contributed by atoms with Gasteiger partial charge >= 0.3 is 5.69 Å². The first-order valence-corrected chi connectivity index (χ1v) is 11.9. The molecule has 0 aliphatic carbocycles. The van der Waals surface area contributed by atoms with Gasteiger partial charge in [0.1, 0.15) is 24.0 Å². The largest absolute Gasteiger partial charge is 0.488 e. The van der Waals surface area contributed by atoms with E-state index in [0.29, 0.717) is 11.3 Å². The molecule has 178 valence electrons. The second-order valence-corrected chi connectivity index (χ2v) is 9.20. The highest BCUT2D eigenvalue weighted by Crippen LogP contribution is 2.39. The number of likely N-dealkylation sites (tertiary alicyclic amines) is 1. The van der Waals surface area contributed by atoms with E-state index in [1.807, 2.05) is 28.8 Å². The van der Waals surface area contributed by atoms with Crippen LogP contribution in [0.25, 0.3) is 22.7 Å². The molecule has 0 amide bonds. The highest BCUT2D eigenvalue weighted by atomic mass is 19.1. The molecule has 1 N–H and O–H groups in total. The zero-order valence-corrected chi connectivity index (χ0v) is 19.4. The summed E-state index contributed by atoms with van der Waals surface area (Å²) in [5.74, 6) is -0.331. The van der Waals surface area contributed by atoms with Crippen LogP contribution in [0.4, 0.5) is 8.78 Å². The van der Waals surface area contributed by atoms with Crippen molar-refractivity contribution >= 4 is 22.7 Å². The summed E-state index contributed by atoms with van der Waals surface area (Å²) in [6.45, 7) is 5.12. The second-order valence-electron chi connectivity index (χ2n) is 9.20. The maximum absolute atomic E-state index is 14.0. The van der Waals surface area contributed by atoms with Crippen LogP contribution in [0.1, 0.15) is 41.6 Å². The van der Waals surface area contributed by atoms with Crippen LogP contribution in [0, 0.1) is 11.6 Å². The first kappa shape index (κ1) is 21.8. The molecule has 6 rings (SSSR count). The van der Waals surface area contributed by atoms with Crippen LogP contribution >= 0.6 is 0 Å². The highest BCUT2D eigenvalue weighted by molar-refractivity contribution is 5.95. The van der Waals surface area contributed by atoms with Gasteiger partial charge < -0.3 is 14.6 Å². The summed E-state index contributed by atoms with van der Waals surface area (Å²) in [7, 11) is 0. The topological polar surface area (TPSA) is 50.3 Å². The fraction of sp³-hybridized carbons (Fsp3) is 0.250. The van der Waals surface area contributed by atoms with E-state index in [2.05, 4.69) is 16.8 Å². The number of nitrogens with one attached hydrogen (secondary N) is 1. The van der Waals surface area contributed by atoms with Crippen LogP contribution in [0.15, 0.2) is 59.4 Å². The van der Waals surface area contributed by atoms with Crippen molar-refractivity contribution in [3.8, 4) is 5.75 Å². The van der Waals surface area contributed by atoms with Crippen molar-refractivity contribution in [2.45, 2.75) is 26.0 Å². The second kappa shape index (κ2) is 8.50. The van der Waals surface area contributed by atoms with Crippen LogP contribution < -0.4 is 10.4 Å². The fourth-order valence-corrected chi connectivity index (χ4v) is 5.32. The molecule has 0 bridgehead atoms. The Morgan fingerprint density at radius 3 is 2.66 bits per heavy atom. The lowest BCUT2D eigenvalue weighted by Gasteiger charge is -2.14. The number of aromatic amines is 1. The molecule has 3 heterocycles. The summed E-state index contributed by atoms with van der Waals surface area (Å²) < 4.78 is 35.7. The van der Waals surface area contributed by atoms with Crippen molar-refractivity contribution in [1.82, 2.24) is 14.5 Å². The van der Waals surface area contributed by atoms with Gasteiger partial charge in [-0.2, -0.15) is 0 Å². The van der Waals surface area contributed by atoms with Crippen molar-refractivity contribution in [2.75, 3.05) is 19.6 Å². The molecular weight excluding hydrogens is 448 g/mol. The van der Waals surface area contributed by atoms with Crippen LogP contribution in [-0.4, -0.2) is 34.1 Å². The molecule has 2 aliphatic rings. The number of likely N-dealkylation sites (N-methyl/N-ethyl adjacent to an activating group) is 1. The Balaban J connectivity index is 1.47. The summed E-state index contributed by atoms with van der Waals surface area (Å²) in [5, 5.41) is 0. The quantitative estimate of drug-likeness (QED) is 0.436. The zero-order valence-electron chi connectivity index (χ0n) is 19.4. The average Bonchev–Trinajstić information content (AvgIpc) is 3.40. The Hall–Kier alpha value is -3.71. The van der Waals surface area contributed by atoms with Crippen molar-refractivity contribution in [3.63, 3.8) is 0 Å². The van der Waals surface area contributed by atoms with E-state index in [9.17, 15) is 13.6 Å². The van der Waals surface area contributed by atoms with Gasteiger partial charge in [-0.15, -0.1) is 0 Å². The molecule has 0 spiro atoms. The van der Waals surface area contributed by atoms with Gasteiger partial charge in [0.15, 0.2) is 0 Å². The van der Waals surface area contributed by atoms with Crippen molar-refractivity contribution in [1.29, 1.82) is 0 Å². The molecule has 1 aromatic heterocycles. The minimum Gasteiger partial charge on any atom is -0.488 e. The number of fused-ring (bicyclic) bond motifs is 3. The molecule has 0 saturated carbocycles. The van der Waals surface area contributed by atoms with Crippen LogP contribution in [0.5, 0.6) is 5.75 Å². The summed E-state index contributed by atoms with van der Waals surface area (Å²) in [4.78, 5) is 18.2. The number of halogens is 2. The van der Waals surface area contributed by atoms with E-state index >= 15 is 0 Å². The van der Waals surface area contributed by atoms with E-state index in [4.69, 9.17) is 4.74 Å². The summed E-state index contributed by atoms with van der Waals surface area (Å²) in [6.07, 6.45) is 2.93. The minimum atomic E-state index is -0.394. The smallest absolute Gasteiger partial charge is 0.326 e. The van der Waals surface area contributed by atoms with Crippen molar-refractivity contribution < 1.29 is 13.5 Å². The number of rotatable bonds is 3. The van der Waals surface area contributed by atoms with Gasteiger partial charge in [-0.1, -0.05) is 19.1 Å². The molecule has 2 aliphatic heterocycles. The van der Waals surface area contributed by atoms with Gasteiger partial charge in [-0.3, -0.25) is 4.57 Å². The van der Waals surface area contributed by atoms with E-state index in [1.165, 1.54) is 24.3 Å². The monoisotopic (exact) mass is 473 g/mol. The SMILES string of the molecule is CCN1CCC(n2c(=O)[nH]c3cc(C=C4c5ccc(F)cc5COc5cc(F)ccc54)ccc32)C1. The maximum atomic E-state index is 14.0. The molecule has 4 aromatic rings. The predicted octanol–water partition coefficient (Wildman–Crippen LogP) is 5.36. The van der Waals surface area contributed by atoms with Gasteiger partial charge in [-0.25, -0.2) is 13.6 Å². The number of ether oxygens (including phenoxy) is 1. The Bertz CT molecular complexity index is 1480. The van der Waals surface area contributed by atoms with Gasteiger partial charge in [-0.05, 0) is 72.1 Å². The zero-order chi connectivity index (χ0) is 24.1. The molecule has 0 radical (unpaired) electrons. The maximum Gasteiger partial charge on any atom is 0.326 e. The van der Waals surface area contributed by atoms with Crippen LogP contribution in [-0.2, 0) is 6.61 Å². The number of imidazole rings is 1. The number of nitrogens with zero attached hydrogens (tertiary/aromatic N) is 2. The molecule has 3 aromatic carbocycles. The van der Waals surface area contributed by atoms with Gasteiger partial charge in [0, 0.05) is 30.3 Å². The molecule has 35 heavy (non-hydrogen) atoms. The number of aromatic nitrogens is 2. The third-order valence-electron chi connectivity index (χ3n) is 7.09. The van der Waals surface area contributed by atoms with Crippen LogP contribution in [0.2, 0.25) is 0 Å². The lowest BCUT2D eigenvalue weighted by Crippen LogP contribution is -2.26. The summed E-state index contributed by atoms with van der Waals surface area (Å²) >= 11 is 0. The molecule has 1 unspecified atom stereocenters. The third-order valence-corrected chi connectivity index (χ3v) is 7.09. The lowest BCUT2D eigenvalue weighted by atomic mass is 9.92. The van der Waals surface area contributed by atoms with Gasteiger partial charge in [0.25, 0.3) is 0 Å². The first-order valence-electron chi connectivity index (χ1n) is 11.9. The Morgan fingerprint density at radius 2 is 1.86 bits per heavy atom. The molecule has 1 saturated heterocycles. The van der Waals surface area contributed by atoms with Gasteiger partial charge in [0.2, 0.25) is 0 Å². The van der Waals surface area contributed by atoms with Gasteiger partial charge in [0.05, 0.1) is 17.1 Å². The number of benzene rings is 3. The normalized spacial score (nSPS) is 18.9. The highest BCUT2D eigenvalue weighted by Gasteiger charge is 2.26. The standard InChI is InChI=1S/C28H25F2N3O2/c1-2-32-10-9-21(15-32)33-26-8-3-17(12-25(26)31-28(33)34)11-24-22-6-4-19(29)13-18(22)16-35-27-14-20(30)5-7-23(24)27/h3-8,11-14,21H,2,9-10,15-16H2,1H3,(H,31,34). The van der Waals surface area contributed by atoms with Crippen molar-refractivity contribution in [2.24, 2.45) is 0 Å². The predicted molar refractivity (Wildman–Crippen MR) is 132 cm³/mol. The summed E-state index contributed by atoms with van der Waals surface area (Å²) in [6, 6.07) is 15.1. The average molecular weight is 474 g/mol. The fourth-order valence-electron chi connectivity index (χ4n) is 5.32. The third kappa shape index (κ3) is 3.86. The first-order chi connectivity index (χ1) is 17.0. The molecule has 1 atom stereocenters. The molecular formula is C28H25F2N3O2. The van der Waals surface area contributed by atoms with E-state index in [1.54, 1.807) is 12.1 Å². The summed E-state index contributed by atoms with van der Waals surface area (Å²) in [5.41, 5.74) is 5.48. The number of hydrogen-bond donors (Lipinski definition) is 1. The Kier molecular flexibility index (Phi) is 5.29. The van der Waals surface area contributed by atoms with Crippen molar-refractivity contribution in [3.05, 3.63) is 99.0 Å². The Labute approximate surface area is 201 Å². The van der Waals surface area contributed by atoms with Crippen LogP contribution in [0.3, 0.4) is 0 Å². The molecule has 5 nitrogen and oxygen atoms in total. The minimum absolute atomic E-state index is 0.0998. The Morgan fingerprint density at radius 1 is 1.06 bits per heavy atom. The molecule has 7 heteroatoms. The number of H-pyrrole nitrogens is 1. The molecule has 1 fully saturated rings. The van der Waals surface area contributed by atoms with E-state index in [-0.39, 0.29) is 24.2 Å². The van der Waals surface area contributed by atoms with E-state index in [0.717, 1.165) is 59.4 Å². The lowest BCUT2D eigenvalue weighted by molar-refractivity contribution is 0.305.